The molecule has 15 heavy (non-hydrogen) atoms. The van der Waals surface area contributed by atoms with Crippen LogP contribution in [0.1, 0.15) is 20.3 Å². The van der Waals surface area contributed by atoms with Crippen LogP contribution in [0, 0.1) is 5.92 Å². The molecule has 0 amide bonds. The molecular formula is C10H23BNO2P. The van der Waals surface area contributed by atoms with Crippen molar-refractivity contribution in [1.82, 2.24) is 5.23 Å². The van der Waals surface area contributed by atoms with Crippen LogP contribution in [0.5, 0.6) is 0 Å². The van der Waals surface area contributed by atoms with Gasteiger partial charge in [0.1, 0.15) is 0 Å². The van der Waals surface area contributed by atoms with Crippen LogP contribution in [-0.4, -0.2) is 46.0 Å². The van der Waals surface area contributed by atoms with E-state index < -0.39 is 0 Å². The van der Waals surface area contributed by atoms with Gasteiger partial charge in [-0.2, -0.15) is 0 Å². The van der Waals surface area contributed by atoms with E-state index in [2.05, 4.69) is 32.4 Å². The van der Waals surface area contributed by atoms with Gasteiger partial charge in [-0.1, -0.05) is 13.8 Å². The Kier molecular flexibility index (Phi) is 5.55. The average molecular weight is 231 g/mol. The Hall–Kier alpha value is 0.375. The zero-order chi connectivity index (χ0) is 11.4. The van der Waals surface area contributed by atoms with Crippen molar-refractivity contribution in [1.29, 1.82) is 0 Å². The summed E-state index contributed by atoms with van der Waals surface area (Å²) in [6, 6.07) is 0.305. The minimum absolute atomic E-state index is 0.281. The molecule has 0 radical (unpaired) electrons. The highest BCUT2D eigenvalue weighted by molar-refractivity contribution is 7.50. The molecule has 1 fully saturated rings. The summed E-state index contributed by atoms with van der Waals surface area (Å²) in [6.07, 6.45) is 1.61. The van der Waals surface area contributed by atoms with Crippen LogP contribution in [0.3, 0.4) is 0 Å². The molecule has 0 aromatic carbocycles. The molecule has 1 aliphatic rings. The molecule has 1 N–H and O–H groups in total. The first-order valence-corrected chi connectivity index (χ1v) is 7.89. The molecule has 1 aliphatic heterocycles. The Balaban J connectivity index is 2.58. The van der Waals surface area contributed by atoms with Gasteiger partial charge < -0.3 is 14.5 Å². The molecule has 0 spiro atoms. The SMILES string of the molecule is CC[C@H]1O[C@@H](BNC)[C@@H](C)C1OP(C)C. The minimum atomic E-state index is -0.299. The van der Waals surface area contributed by atoms with Crippen molar-refractivity contribution in [2.45, 2.75) is 38.5 Å². The van der Waals surface area contributed by atoms with Gasteiger partial charge in [0.2, 0.25) is 7.41 Å². The number of nitrogens with one attached hydrogen (secondary N) is 1. The van der Waals surface area contributed by atoms with E-state index in [1.165, 1.54) is 0 Å². The zero-order valence-electron chi connectivity index (χ0n) is 10.5. The number of hydrogen-bond acceptors (Lipinski definition) is 3. The number of ether oxygens (including phenoxy) is 1. The summed E-state index contributed by atoms with van der Waals surface area (Å²) in [5.41, 5.74) is 0. The van der Waals surface area contributed by atoms with Crippen molar-refractivity contribution >= 4 is 15.6 Å². The van der Waals surface area contributed by atoms with Gasteiger partial charge in [0.25, 0.3) is 0 Å². The van der Waals surface area contributed by atoms with Gasteiger partial charge >= 0.3 is 0 Å². The smallest absolute Gasteiger partial charge is 0.234 e. The van der Waals surface area contributed by atoms with Crippen molar-refractivity contribution in [3.05, 3.63) is 0 Å². The molecule has 0 aliphatic carbocycles. The molecule has 0 bridgehead atoms. The molecule has 4 atom stereocenters. The van der Waals surface area contributed by atoms with Crippen molar-refractivity contribution in [2.24, 2.45) is 5.92 Å². The predicted octanol–water partition coefficient (Wildman–Crippen LogP) is 1.37. The van der Waals surface area contributed by atoms with Crippen LogP contribution in [0.25, 0.3) is 0 Å². The molecule has 88 valence electrons. The first-order chi connectivity index (χ1) is 7.10. The first kappa shape index (κ1) is 13.4. The summed E-state index contributed by atoms with van der Waals surface area (Å²) in [4.78, 5) is 0. The fraction of sp³-hybridized carbons (Fsp3) is 1.00. The monoisotopic (exact) mass is 231 g/mol. The van der Waals surface area contributed by atoms with Crippen molar-refractivity contribution < 1.29 is 9.26 Å². The molecule has 0 aromatic heterocycles. The topological polar surface area (TPSA) is 30.5 Å². The molecule has 5 heteroatoms. The third-order valence-electron chi connectivity index (χ3n) is 2.96. The summed E-state index contributed by atoms with van der Waals surface area (Å²) in [5, 5.41) is 3.18. The van der Waals surface area contributed by atoms with Crippen LogP contribution in [0.4, 0.5) is 0 Å². The Labute approximate surface area is 95.4 Å². The lowest BCUT2D eigenvalue weighted by Gasteiger charge is -2.23. The molecule has 1 heterocycles. The van der Waals surface area contributed by atoms with E-state index in [1.807, 2.05) is 7.05 Å². The molecule has 1 rings (SSSR count). The van der Waals surface area contributed by atoms with E-state index in [9.17, 15) is 0 Å². The lowest BCUT2D eigenvalue weighted by atomic mass is 9.77. The Bertz CT molecular complexity index is 194. The van der Waals surface area contributed by atoms with Gasteiger partial charge in [0, 0.05) is 14.1 Å². The van der Waals surface area contributed by atoms with E-state index in [-0.39, 0.29) is 20.4 Å². The molecule has 3 nitrogen and oxygen atoms in total. The number of rotatable bonds is 5. The van der Waals surface area contributed by atoms with Gasteiger partial charge in [-0.15, -0.1) is 0 Å². The fourth-order valence-electron chi connectivity index (χ4n) is 2.15. The quantitative estimate of drug-likeness (QED) is 0.572. The normalized spacial score (nSPS) is 36.1. The Morgan fingerprint density at radius 3 is 2.60 bits per heavy atom. The van der Waals surface area contributed by atoms with Crippen LogP contribution < -0.4 is 5.23 Å². The van der Waals surface area contributed by atoms with Gasteiger partial charge in [-0.05, 0) is 26.8 Å². The van der Waals surface area contributed by atoms with E-state index in [1.54, 1.807) is 0 Å². The van der Waals surface area contributed by atoms with Crippen LogP contribution in [0.15, 0.2) is 0 Å². The average Bonchev–Trinajstić information content (AvgIpc) is 2.46. The highest BCUT2D eigenvalue weighted by Gasteiger charge is 2.41. The maximum atomic E-state index is 6.02. The summed E-state index contributed by atoms with van der Waals surface area (Å²) in [6.45, 7) is 8.71. The molecule has 0 aromatic rings. The van der Waals surface area contributed by atoms with Crippen molar-refractivity contribution in [2.75, 3.05) is 20.4 Å². The maximum absolute atomic E-state index is 6.02. The second-order valence-corrected chi connectivity index (χ2v) is 6.26. The highest BCUT2D eigenvalue weighted by Crippen LogP contribution is 2.38. The van der Waals surface area contributed by atoms with Crippen LogP contribution in [0.2, 0.25) is 0 Å². The van der Waals surface area contributed by atoms with Crippen LogP contribution >= 0.6 is 8.15 Å². The standard InChI is InChI=1S/C10H23BNO2P/c1-6-8-9(14-15(4)5)7(2)10(13-8)11-12-3/h7-12H,6H2,1-5H3/t7-,8+,9?,10+/m0/s1. The lowest BCUT2D eigenvalue weighted by Crippen LogP contribution is -2.34. The Morgan fingerprint density at radius 1 is 1.47 bits per heavy atom. The third kappa shape index (κ3) is 3.42. The second-order valence-electron chi connectivity index (χ2n) is 4.42. The van der Waals surface area contributed by atoms with Gasteiger partial charge in [0.05, 0.1) is 18.2 Å². The summed E-state index contributed by atoms with van der Waals surface area (Å²) >= 11 is 0. The third-order valence-corrected chi connectivity index (χ3v) is 3.63. The fourth-order valence-corrected chi connectivity index (χ4v) is 2.96. The molecule has 1 saturated heterocycles. The number of hydrogen-bond donors (Lipinski definition) is 1. The summed E-state index contributed by atoms with van der Waals surface area (Å²) in [5.74, 6) is 0.493. The highest BCUT2D eigenvalue weighted by atomic mass is 31.1. The minimum Gasteiger partial charge on any atom is -0.379 e. The summed E-state index contributed by atoms with van der Waals surface area (Å²) < 4.78 is 12.0. The second kappa shape index (κ2) is 6.19. The summed E-state index contributed by atoms with van der Waals surface area (Å²) in [7, 11) is 2.59. The predicted molar refractivity (Wildman–Crippen MR) is 68.0 cm³/mol. The van der Waals surface area contributed by atoms with E-state index in [4.69, 9.17) is 9.26 Å². The maximum Gasteiger partial charge on any atom is 0.234 e. The van der Waals surface area contributed by atoms with E-state index in [0.717, 1.165) is 13.8 Å². The zero-order valence-corrected chi connectivity index (χ0v) is 11.4. The van der Waals surface area contributed by atoms with Gasteiger partial charge in [-0.25, -0.2) is 0 Å². The first-order valence-electron chi connectivity index (χ1n) is 5.74. The van der Waals surface area contributed by atoms with Crippen LogP contribution in [-0.2, 0) is 9.26 Å². The Morgan fingerprint density at radius 2 is 2.13 bits per heavy atom. The molecular weight excluding hydrogens is 208 g/mol. The molecule has 0 saturated carbocycles. The van der Waals surface area contributed by atoms with E-state index >= 15 is 0 Å². The van der Waals surface area contributed by atoms with Crippen molar-refractivity contribution in [3.8, 4) is 0 Å². The van der Waals surface area contributed by atoms with Gasteiger partial charge in [-0.3, -0.25) is 0 Å². The lowest BCUT2D eigenvalue weighted by molar-refractivity contribution is 0.0428. The largest absolute Gasteiger partial charge is 0.379 e. The van der Waals surface area contributed by atoms with Gasteiger partial charge in [0.15, 0.2) is 0 Å². The van der Waals surface area contributed by atoms with E-state index in [0.29, 0.717) is 11.9 Å². The molecule has 1 unspecified atom stereocenters. The van der Waals surface area contributed by atoms with Crippen molar-refractivity contribution in [3.63, 3.8) is 0 Å².